The van der Waals surface area contributed by atoms with E-state index in [1.807, 2.05) is 79.1 Å². The number of likely N-dealkylation sites (N-methyl/N-ethyl adjacent to an activating group) is 1. The predicted octanol–water partition coefficient (Wildman–Crippen LogP) is 6.26. The van der Waals surface area contributed by atoms with E-state index in [9.17, 15) is 9.50 Å². The number of rotatable bonds is 12. The molecule has 2 unspecified atom stereocenters. The molecule has 0 spiro atoms. The minimum absolute atomic E-state index is 0. The SMILES string of the molecule is C=C(F)/C(F)=C(/OCCc1c(C(O)C(C)(C)C)nn(C)c1C)C(CC)c1cccc(C=[C-]CNC)c1.[Ho]. The van der Waals surface area contributed by atoms with Crippen molar-refractivity contribution in [1.82, 2.24) is 15.1 Å². The number of aliphatic hydroxyl groups is 1. The van der Waals surface area contributed by atoms with E-state index >= 15 is 4.39 Å². The minimum Gasteiger partial charge on any atom is -0.494 e. The molecule has 0 saturated heterocycles. The van der Waals surface area contributed by atoms with Crippen LogP contribution in [-0.2, 0) is 18.2 Å². The van der Waals surface area contributed by atoms with Crippen molar-refractivity contribution in [3.8, 4) is 0 Å². The van der Waals surface area contributed by atoms with Gasteiger partial charge in [0.1, 0.15) is 11.9 Å². The first-order valence-corrected chi connectivity index (χ1v) is 12.3. The van der Waals surface area contributed by atoms with Crippen molar-refractivity contribution in [2.45, 2.75) is 59.5 Å². The molecule has 2 atom stereocenters. The molecule has 0 aliphatic carbocycles. The number of benzene rings is 1. The maximum absolute atomic E-state index is 15.0. The Bertz CT molecular complexity index is 1100. The fraction of sp³-hybridized carbons (Fsp3) is 0.483. The van der Waals surface area contributed by atoms with E-state index in [4.69, 9.17) is 4.74 Å². The Morgan fingerprint density at radius 2 is 2.00 bits per heavy atom. The predicted molar refractivity (Wildman–Crippen MR) is 142 cm³/mol. The van der Waals surface area contributed by atoms with E-state index in [1.54, 1.807) is 4.68 Å². The molecule has 0 saturated carbocycles. The second-order valence-electron chi connectivity index (χ2n) is 10.0. The van der Waals surface area contributed by atoms with Crippen LogP contribution < -0.4 is 5.32 Å². The van der Waals surface area contributed by atoms with E-state index in [2.05, 4.69) is 23.1 Å². The van der Waals surface area contributed by atoms with Crippen LogP contribution in [0.3, 0.4) is 0 Å². The van der Waals surface area contributed by atoms with Crippen molar-refractivity contribution < 1.29 is 56.4 Å². The van der Waals surface area contributed by atoms with Gasteiger partial charge in [0.2, 0.25) is 0 Å². The molecule has 2 rings (SSSR count). The van der Waals surface area contributed by atoms with Crippen molar-refractivity contribution in [3.63, 3.8) is 0 Å². The van der Waals surface area contributed by atoms with E-state index in [-0.39, 0.29) is 50.1 Å². The Balaban J connectivity index is 0.00000684. The van der Waals surface area contributed by atoms with Gasteiger partial charge in [0, 0.05) is 68.4 Å². The van der Waals surface area contributed by atoms with Gasteiger partial charge in [0.05, 0.1) is 12.3 Å². The Labute approximate surface area is 250 Å². The molecule has 209 valence electrons. The molecule has 0 aliphatic heterocycles. The fourth-order valence-corrected chi connectivity index (χ4v) is 4.04. The van der Waals surface area contributed by atoms with Crippen LogP contribution in [0.4, 0.5) is 8.78 Å². The number of halogens is 2. The first-order valence-electron chi connectivity index (χ1n) is 12.3. The van der Waals surface area contributed by atoms with Gasteiger partial charge in [-0.25, -0.2) is 14.9 Å². The van der Waals surface area contributed by atoms with Gasteiger partial charge in [-0.05, 0) is 25.8 Å². The maximum Gasteiger partial charge on any atom is 0.196 e. The first-order chi connectivity index (χ1) is 16.9. The fourth-order valence-electron chi connectivity index (χ4n) is 4.04. The molecular formula is C29H40F2HoN3O2-. The standard InChI is InChI=1S/C29H40F2N3O2.Ho/c1-9-23(22-14-10-12-21(18-22)13-11-16-32-7)27(25(31)19(2)30)36-17-15-24-20(3)34(8)33-26(24)28(35)29(4,5)6;/h10,12-14,18,23,28,32,35H,2,9,15-17H2,1,3-8H3;/q-1;/b27-25-;. The van der Waals surface area contributed by atoms with E-state index in [0.29, 0.717) is 25.1 Å². The molecule has 0 aliphatic rings. The molecule has 8 heteroatoms. The molecule has 0 amide bonds. The Hall–Kier alpha value is -1.51. The summed E-state index contributed by atoms with van der Waals surface area (Å²) in [6.45, 7) is 13.5. The average molecular weight is 666 g/mol. The summed E-state index contributed by atoms with van der Waals surface area (Å²) in [5.41, 5.74) is 3.63. The van der Waals surface area contributed by atoms with Crippen LogP contribution >= 0.6 is 0 Å². The number of nitrogens with zero attached hydrogens (tertiary/aromatic N) is 2. The molecule has 1 aromatic carbocycles. The van der Waals surface area contributed by atoms with Crippen LogP contribution in [0.15, 0.2) is 48.3 Å². The second kappa shape index (κ2) is 15.2. The molecule has 0 fully saturated rings. The monoisotopic (exact) mass is 665 g/mol. The zero-order valence-corrected chi connectivity index (χ0v) is 24.8. The van der Waals surface area contributed by atoms with Gasteiger partial charge in [-0.3, -0.25) is 10.8 Å². The number of ether oxygens (including phenoxy) is 1. The number of hydrogen-bond acceptors (Lipinski definition) is 4. The van der Waals surface area contributed by atoms with Gasteiger partial charge < -0.3 is 15.2 Å². The summed E-state index contributed by atoms with van der Waals surface area (Å²) in [7, 11) is 3.66. The number of aliphatic hydroxyl groups excluding tert-OH is 1. The Morgan fingerprint density at radius 1 is 1.32 bits per heavy atom. The molecule has 5 nitrogen and oxygen atoms in total. The largest absolute Gasteiger partial charge is 0.494 e. The van der Waals surface area contributed by atoms with Crippen LogP contribution in [0.2, 0.25) is 0 Å². The molecule has 1 aromatic heterocycles. The molecule has 2 N–H and O–H groups in total. The normalized spacial score (nSPS) is 14.2. The summed E-state index contributed by atoms with van der Waals surface area (Å²) in [6.07, 6.45) is 5.10. The summed E-state index contributed by atoms with van der Waals surface area (Å²) in [5, 5.41) is 18.4. The summed E-state index contributed by atoms with van der Waals surface area (Å²) < 4.78 is 36.7. The number of aromatic nitrogens is 2. The zero-order valence-electron chi connectivity index (χ0n) is 22.9. The van der Waals surface area contributed by atoms with Crippen LogP contribution in [0.1, 0.15) is 74.2 Å². The van der Waals surface area contributed by atoms with Gasteiger partial charge in [0.15, 0.2) is 11.7 Å². The zero-order chi connectivity index (χ0) is 27.0. The van der Waals surface area contributed by atoms with Gasteiger partial charge in [0.25, 0.3) is 0 Å². The summed E-state index contributed by atoms with van der Waals surface area (Å²) in [4.78, 5) is 0. The van der Waals surface area contributed by atoms with E-state index in [1.165, 1.54) is 0 Å². The number of aryl methyl sites for hydroxylation is 1. The molecule has 2 aromatic rings. The first kappa shape index (κ1) is 33.5. The number of hydrogen-bond donors (Lipinski definition) is 2. The smallest absolute Gasteiger partial charge is 0.196 e. The average Bonchev–Trinajstić information content (AvgIpc) is 3.10. The van der Waals surface area contributed by atoms with Crippen molar-refractivity contribution >= 4 is 6.08 Å². The summed E-state index contributed by atoms with van der Waals surface area (Å²) >= 11 is 0. The third-order valence-corrected chi connectivity index (χ3v) is 6.22. The molecular weight excluding hydrogens is 625 g/mol. The minimum atomic E-state index is -1.16. The van der Waals surface area contributed by atoms with Crippen molar-refractivity contribution in [2.24, 2.45) is 12.5 Å². The Morgan fingerprint density at radius 3 is 2.57 bits per heavy atom. The second-order valence-corrected chi connectivity index (χ2v) is 10.0. The third-order valence-electron chi connectivity index (χ3n) is 6.22. The van der Waals surface area contributed by atoms with E-state index in [0.717, 1.165) is 22.4 Å². The number of nitrogens with one attached hydrogen (secondary N) is 1. The van der Waals surface area contributed by atoms with E-state index < -0.39 is 29.1 Å². The topological polar surface area (TPSA) is 59.3 Å². The summed E-state index contributed by atoms with van der Waals surface area (Å²) in [6, 6.07) is 7.62. The third kappa shape index (κ3) is 9.03. The molecule has 1 heterocycles. The summed E-state index contributed by atoms with van der Waals surface area (Å²) in [5.74, 6) is -2.82. The maximum atomic E-state index is 15.0. The van der Waals surface area contributed by atoms with Gasteiger partial charge in [-0.1, -0.05) is 58.5 Å². The van der Waals surface area contributed by atoms with Crippen LogP contribution in [-0.4, -0.2) is 35.1 Å². The molecule has 37 heavy (non-hydrogen) atoms. The van der Waals surface area contributed by atoms with Gasteiger partial charge in [-0.2, -0.15) is 10.7 Å². The van der Waals surface area contributed by atoms with Crippen LogP contribution in [0, 0.1) is 56.2 Å². The van der Waals surface area contributed by atoms with Crippen LogP contribution in [0.25, 0.3) is 6.08 Å². The van der Waals surface area contributed by atoms with Crippen LogP contribution in [0.5, 0.6) is 0 Å². The Kier molecular flexibility index (Phi) is 13.7. The molecule has 1 radical (unpaired) electrons. The van der Waals surface area contributed by atoms with Gasteiger partial charge in [-0.15, -0.1) is 12.1 Å². The quantitative estimate of drug-likeness (QED) is 0.122. The number of allylic oxidation sites excluding steroid dienone is 3. The van der Waals surface area contributed by atoms with Crippen molar-refractivity contribution in [3.05, 3.63) is 82.4 Å². The van der Waals surface area contributed by atoms with Crippen molar-refractivity contribution in [1.29, 1.82) is 0 Å². The molecule has 0 bridgehead atoms. The van der Waals surface area contributed by atoms with Gasteiger partial charge >= 0.3 is 0 Å². The van der Waals surface area contributed by atoms with Crippen molar-refractivity contribution in [2.75, 3.05) is 20.2 Å².